The molecule has 0 aliphatic carbocycles. The first-order chi connectivity index (χ1) is 14.9. The van der Waals surface area contributed by atoms with Crippen LogP contribution in [-0.2, 0) is 4.79 Å². The van der Waals surface area contributed by atoms with Gasteiger partial charge in [-0.2, -0.15) is 9.78 Å². The van der Waals surface area contributed by atoms with Gasteiger partial charge in [0.05, 0.1) is 12.0 Å². The summed E-state index contributed by atoms with van der Waals surface area (Å²) in [5, 5.41) is 26.6. The Morgan fingerprint density at radius 3 is 2.47 bits per heavy atom. The van der Waals surface area contributed by atoms with Gasteiger partial charge < -0.3 is 20.3 Å². The number of carboxylic acids is 1. The molecule has 0 fully saturated rings. The second-order valence-corrected chi connectivity index (χ2v) is 8.93. The van der Waals surface area contributed by atoms with E-state index in [1.165, 1.54) is 24.3 Å². The predicted molar refractivity (Wildman–Crippen MR) is 117 cm³/mol. The molecule has 2 rings (SSSR count). The minimum absolute atomic E-state index is 0.0495. The number of nitrogens with one attached hydrogen (secondary N) is 1. The number of aliphatic hydroxyl groups is 1. The van der Waals surface area contributed by atoms with Crippen molar-refractivity contribution in [3.05, 3.63) is 41.8 Å². The first-order valence-corrected chi connectivity index (χ1v) is 10.6. The summed E-state index contributed by atoms with van der Waals surface area (Å²) in [7, 11) is 0. The molecule has 9 heteroatoms. The Kier molecular flexibility index (Phi) is 8.38. The Bertz CT molecular complexity index is 939. The number of aromatic nitrogens is 2. The zero-order valence-electron chi connectivity index (χ0n) is 19.1. The highest BCUT2D eigenvalue weighted by molar-refractivity contribution is 5.93. The Morgan fingerprint density at radius 2 is 1.91 bits per heavy atom. The molecule has 176 valence electrons. The molecule has 0 aliphatic rings. The number of carboxylic acid groups (broad SMARTS) is 1. The van der Waals surface area contributed by atoms with Gasteiger partial charge in [-0.25, -0.2) is 4.39 Å². The molecular formula is C23H32FN3O5. The fourth-order valence-corrected chi connectivity index (χ4v) is 2.99. The highest BCUT2D eigenvalue weighted by Gasteiger charge is 2.28. The van der Waals surface area contributed by atoms with E-state index in [1.54, 1.807) is 13.0 Å². The normalized spacial score (nSPS) is 14.3. The molecule has 1 aromatic carbocycles. The van der Waals surface area contributed by atoms with E-state index in [0.29, 0.717) is 6.42 Å². The summed E-state index contributed by atoms with van der Waals surface area (Å²) in [4.78, 5) is 24.0. The van der Waals surface area contributed by atoms with Crippen molar-refractivity contribution < 1.29 is 28.9 Å². The van der Waals surface area contributed by atoms with Crippen LogP contribution in [0.15, 0.2) is 30.3 Å². The molecule has 1 amide bonds. The highest BCUT2D eigenvalue weighted by Crippen LogP contribution is 2.25. The molecule has 1 heterocycles. The maximum Gasteiger partial charge on any atom is 0.305 e. The third kappa shape index (κ3) is 6.78. The number of amides is 1. The number of rotatable bonds is 11. The summed E-state index contributed by atoms with van der Waals surface area (Å²) < 4.78 is 21.3. The van der Waals surface area contributed by atoms with Crippen molar-refractivity contribution in [2.24, 2.45) is 11.8 Å². The zero-order chi connectivity index (χ0) is 24.1. The Hall–Kier alpha value is -2.94. The number of hydrogen-bond acceptors (Lipinski definition) is 5. The number of aliphatic carboxylic acids is 1. The lowest BCUT2D eigenvalue weighted by Gasteiger charge is -2.27. The first kappa shape index (κ1) is 25.3. The van der Waals surface area contributed by atoms with Gasteiger partial charge in [-0.1, -0.05) is 39.8 Å². The number of hydrogen-bond donors (Lipinski definition) is 3. The van der Waals surface area contributed by atoms with E-state index in [1.807, 2.05) is 27.7 Å². The van der Waals surface area contributed by atoms with Crippen molar-refractivity contribution >= 4 is 11.9 Å². The van der Waals surface area contributed by atoms with Gasteiger partial charge in [-0.05, 0) is 37.3 Å². The number of carbonyl (C=O) groups excluding carboxylic acids is 1. The van der Waals surface area contributed by atoms with Crippen LogP contribution in [0.3, 0.4) is 0 Å². The van der Waals surface area contributed by atoms with Gasteiger partial charge >= 0.3 is 5.97 Å². The van der Waals surface area contributed by atoms with E-state index in [9.17, 15) is 19.1 Å². The standard InChI is InChI=1S/C23H32FN3O5/c1-14(2)10-16(11-21(28)29)25-22(30)18-12-20(32-13-23(5,31)15(3)4)27(26-18)19-9-7-6-8-17(19)24/h6-9,12,14-16,31H,10-11,13H2,1-5H3,(H,25,30)(H,28,29). The van der Waals surface area contributed by atoms with Gasteiger partial charge in [0.2, 0.25) is 5.88 Å². The maximum absolute atomic E-state index is 14.4. The first-order valence-electron chi connectivity index (χ1n) is 10.6. The fourth-order valence-electron chi connectivity index (χ4n) is 2.99. The topological polar surface area (TPSA) is 114 Å². The number of halogens is 1. The number of carbonyl (C=O) groups is 2. The van der Waals surface area contributed by atoms with E-state index in [-0.39, 0.29) is 42.1 Å². The molecule has 0 spiro atoms. The van der Waals surface area contributed by atoms with Crippen LogP contribution in [0.2, 0.25) is 0 Å². The lowest BCUT2D eigenvalue weighted by atomic mass is 9.94. The number of nitrogens with zero attached hydrogens (tertiary/aromatic N) is 2. The predicted octanol–water partition coefficient (Wildman–Crippen LogP) is 3.42. The van der Waals surface area contributed by atoms with Gasteiger partial charge in [0.1, 0.15) is 18.1 Å². The van der Waals surface area contributed by atoms with Crippen molar-refractivity contribution in [2.75, 3.05) is 6.61 Å². The minimum atomic E-state index is -1.16. The van der Waals surface area contributed by atoms with Gasteiger partial charge in [0.15, 0.2) is 5.69 Å². The van der Waals surface area contributed by atoms with Gasteiger partial charge in [0.25, 0.3) is 5.91 Å². The van der Waals surface area contributed by atoms with Gasteiger partial charge in [0, 0.05) is 12.1 Å². The quantitative estimate of drug-likeness (QED) is 0.484. The van der Waals surface area contributed by atoms with Crippen LogP contribution < -0.4 is 10.1 Å². The van der Waals surface area contributed by atoms with E-state index in [2.05, 4.69) is 10.4 Å². The zero-order valence-corrected chi connectivity index (χ0v) is 19.1. The Morgan fingerprint density at radius 1 is 1.25 bits per heavy atom. The van der Waals surface area contributed by atoms with Crippen molar-refractivity contribution in [2.45, 2.75) is 59.1 Å². The van der Waals surface area contributed by atoms with Crippen LogP contribution in [-0.4, -0.2) is 50.1 Å². The van der Waals surface area contributed by atoms with Crippen LogP contribution in [0.25, 0.3) is 5.69 Å². The second kappa shape index (κ2) is 10.6. The van der Waals surface area contributed by atoms with Crippen molar-refractivity contribution in [1.29, 1.82) is 0 Å². The molecule has 0 aliphatic heterocycles. The molecule has 2 unspecified atom stereocenters. The molecule has 2 atom stereocenters. The van der Waals surface area contributed by atoms with Gasteiger partial charge in [-0.3, -0.25) is 9.59 Å². The lowest BCUT2D eigenvalue weighted by Crippen LogP contribution is -2.38. The third-order valence-electron chi connectivity index (χ3n) is 5.26. The number of benzene rings is 1. The van der Waals surface area contributed by atoms with Crippen LogP contribution in [0.5, 0.6) is 5.88 Å². The molecule has 0 bridgehead atoms. The molecule has 0 saturated heterocycles. The summed E-state index contributed by atoms with van der Waals surface area (Å²) in [5.74, 6) is -2.03. The largest absolute Gasteiger partial charge is 0.481 e. The molecule has 0 saturated carbocycles. The number of ether oxygens (including phenoxy) is 1. The lowest BCUT2D eigenvalue weighted by molar-refractivity contribution is -0.137. The van der Waals surface area contributed by atoms with E-state index >= 15 is 0 Å². The average molecular weight is 450 g/mol. The molecule has 0 radical (unpaired) electrons. The summed E-state index contributed by atoms with van der Waals surface area (Å²) in [6, 6.07) is 6.68. The van der Waals surface area contributed by atoms with Crippen molar-refractivity contribution in [3.63, 3.8) is 0 Å². The smallest absolute Gasteiger partial charge is 0.305 e. The average Bonchev–Trinajstić information content (AvgIpc) is 3.10. The van der Waals surface area contributed by atoms with Crippen LogP contribution in [0.1, 0.15) is 57.9 Å². The van der Waals surface area contributed by atoms with E-state index < -0.39 is 29.3 Å². The summed E-state index contributed by atoms with van der Waals surface area (Å²) >= 11 is 0. The molecular weight excluding hydrogens is 417 g/mol. The monoisotopic (exact) mass is 449 g/mol. The maximum atomic E-state index is 14.4. The molecule has 1 aromatic heterocycles. The summed E-state index contributed by atoms with van der Waals surface area (Å²) in [6.07, 6.45) is 0.255. The van der Waals surface area contributed by atoms with E-state index in [0.717, 1.165) is 4.68 Å². The van der Waals surface area contributed by atoms with Crippen LogP contribution in [0, 0.1) is 17.7 Å². The molecule has 8 nitrogen and oxygen atoms in total. The van der Waals surface area contributed by atoms with Crippen LogP contribution in [0.4, 0.5) is 4.39 Å². The van der Waals surface area contributed by atoms with Gasteiger partial charge in [-0.15, -0.1) is 0 Å². The Labute approximate surface area is 187 Å². The number of para-hydroxylation sites is 1. The van der Waals surface area contributed by atoms with Crippen LogP contribution >= 0.6 is 0 Å². The summed E-state index contributed by atoms with van der Waals surface area (Å²) in [6.45, 7) is 9.07. The third-order valence-corrected chi connectivity index (χ3v) is 5.26. The fraction of sp³-hybridized carbons (Fsp3) is 0.522. The molecule has 2 aromatic rings. The Balaban J connectivity index is 2.36. The highest BCUT2D eigenvalue weighted by atomic mass is 19.1. The van der Waals surface area contributed by atoms with Crippen molar-refractivity contribution in [1.82, 2.24) is 15.1 Å². The van der Waals surface area contributed by atoms with Crippen molar-refractivity contribution in [3.8, 4) is 11.6 Å². The van der Waals surface area contributed by atoms with E-state index in [4.69, 9.17) is 9.84 Å². The molecule has 32 heavy (non-hydrogen) atoms. The summed E-state index contributed by atoms with van der Waals surface area (Å²) in [5.41, 5.74) is -1.13. The molecule has 3 N–H and O–H groups in total. The minimum Gasteiger partial charge on any atom is -0.481 e. The SMILES string of the molecule is CC(C)CC(CC(=O)O)NC(=O)c1cc(OCC(C)(O)C(C)C)n(-c2ccccc2F)n1. The second-order valence-electron chi connectivity index (χ2n) is 8.93.